The molecule has 0 fully saturated rings. The molecule has 0 aromatic heterocycles. The monoisotopic (exact) mass is 240 g/mol. The van der Waals surface area contributed by atoms with Gasteiger partial charge < -0.3 is 5.32 Å². The highest BCUT2D eigenvalue weighted by atomic mass is 35.5. The van der Waals surface area contributed by atoms with Crippen molar-refractivity contribution in [3.8, 4) is 0 Å². The molecule has 0 saturated carbocycles. The molecule has 0 aliphatic heterocycles. The molecule has 1 unspecified atom stereocenters. The van der Waals surface area contributed by atoms with Gasteiger partial charge in [0.15, 0.2) is 0 Å². The summed E-state index contributed by atoms with van der Waals surface area (Å²) < 4.78 is 0. The maximum absolute atomic E-state index is 5.96. The van der Waals surface area contributed by atoms with Crippen LogP contribution >= 0.6 is 11.6 Å². The second-order valence-electron chi connectivity index (χ2n) is 4.29. The Labute approximate surface area is 104 Å². The van der Waals surface area contributed by atoms with Crippen LogP contribution in [0.5, 0.6) is 0 Å². The zero-order valence-corrected chi connectivity index (χ0v) is 11.1. The lowest BCUT2D eigenvalue weighted by Gasteiger charge is -2.24. The Morgan fingerprint density at radius 3 is 2.81 bits per heavy atom. The zero-order chi connectivity index (χ0) is 12.0. The Kier molecular flexibility index (Phi) is 5.81. The number of rotatable bonds is 6. The first-order valence-electron chi connectivity index (χ1n) is 5.72. The standard InChI is InChI=1S/C13H21ClN2/c1-11(7-8-15-2)16(3)10-12-5-4-6-13(14)9-12/h4-6,9,11,15H,7-8,10H2,1-3H3. The number of benzene rings is 1. The lowest BCUT2D eigenvalue weighted by molar-refractivity contribution is 0.237. The predicted octanol–water partition coefficient (Wildman–Crippen LogP) is 2.77. The number of nitrogens with one attached hydrogen (secondary N) is 1. The van der Waals surface area contributed by atoms with Crippen molar-refractivity contribution >= 4 is 11.6 Å². The lowest BCUT2D eigenvalue weighted by atomic mass is 10.1. The van der Waals surface area contributed by atoms with Gasteiger partial charge in [0.25, 0.3) is 0 Å². The van der Waals surface area contributed by atoms with Crippen LogP contribution in [0.4, 0.5) is 0 Å². The molecule has 0 heterocycles. The summed E-state index contributed by atoms with van der Waals surface area (Å²) in [4.78, 5) is 2.35. The molecule has 1 aromatic rings. The summed E-state index contributed by atoms with van der Waals surface area (Å²) >= 11 is 5.96. The molecule has 0 bridgehead atoms. The average molecular weight is 241 g/mol. The van der Waals surface area contributed by atoms with Gasteiger partial charge in [0.2, 0.25) is 0 Å². The molecule has 0 amide bonds. The minimum absolute atomic E-state index is 0.575. The molecule has 0 radical (unpaired) electrons. The van der Waals surface area contributed by atoms with Crippen molar-refractivity contribution in [1.82, 2.24) is 10.2 Å². The van der Waals surface area contributed by atoms with Crippen LogP contribution in [0.3, 0.4) is 0 Å². The van der Waals surface area contributed by atoms with Gasteiger partial charge in [-0.25, -0.2) is 0 Å². The lowest BCUT2D eigenvalue weighted by Crippen LogP contribution is -2.31. The Balaban J connectivity index is 2.47. The van der Waals surface area contributed by atoms with E-state index in [4.69, 9.17) is 11.6 Å². The molecule has 3 heteroatoms. The summed E-state index contributed by atoms with van der Waals surface area (Å²) in [7, 11) is 4.14. The van der Waals surface area contributed by atoms with E-state index in [-0.39, 0.29) is 0 Å². The molecule has 1 N–H and O–H groups in total. The molecule has 0 spiro atoms. The summed E-state index contributed by atoms with van der Waals surface area (Å²) in [6.07, 6.45) is 1.16. The zero-order valence-electron chi connectivity index (χ0n) is 10.3. The van der Waals surface area contributed by atoms with E-state index < -0.39 is 0 Å². The van der Waals surface area contributed by atoms with Crippen LogP contribution in [0.1, 0.15) is 18.9 Å². The highest BCUT2D eigenvalue weighted by Gasteiger charge is 2.08. The van der Waals surface area contributed by atoms with Crippen molar-refractivity contribution in [2.45, 2.75) is 25.9 Å². The summed E-state index contributed by atoms with van der Waals surface area (Å²) in [5.74, 6) is 0. The van der Waals surface area contributed by atoms with Crippen LogP contribution < -0.4 is 5.32 Å². The van der Waals surface area contributed by atoms with Crippen LogP contribution in [0.25, 0.3) is 0 Å². The molecule has 1 atom stereocenters. The molecule has 0 aliphatic carbocycles. The van der Waals surface area contributed by atoms with Crippen molar-refractivity contribution in [3.05, 3.63) is 34.9 Å². The van der Waals surface area contributed by atoms with Gasteiger partial charge in [-0.1, -0.05) is 23.7 Å². The highest BCUT2D eigenvalue weighted by molar-refractivity contribution is 6.30. The van der Waals surface area contributed by atoms with Crippen LogP contribution in [0.15, 0.2) is 24.3 Å². The first-order chi connectivity index (χ1) is 7.63. The van der Waals surface area contributed by atoms with E-state index in [9.17, 15) is 0 Å². The third-order valence-electron chi connectivity index (χ3n) is 2.89. The van der Waals surface area contributed by atoms with E-state index in [1.54, 1.807) is 0 Å². The van der Waals surface area contributed by atoms with Crippen molar-refractivity contribution in [2.24, 2.45) is 0 Å². The van der Waals surface area contributed by atoms with Gasteiger partial charge in [0.1, 0.15) is 0 Å². The van der Waals surface area contributed by atoms with Gasteiger partial charge in [-0.2, -0.15) is 0 Å². The first-order valence-corrected chi connectivity index (χ1v) is 6.10. The second kappa shape index (κ2) is 6.89. The van der Waals surface area contributed by atoms with Crippen molar-refractivity contribution < 1.29 is 0 Å². The van der Waals surface area contributed by atoms with Crippen LogP contribution in [-0.2, 0) is 6.54 Å². The molecule has 16 heavy (non-hydrogen) atoms. The topological polar surface area (TPSA) is 15.3 Å². The second-order valence-corrected chi connectivity index (χ2v) is 4.72. The summed E-state index contributed by atoms with van der Waals surface area (Å²) in [5.41, 5.74) is 1.27. The molecular formula is C13H21ClN2. The maximum Gasteiger partial charge on any atom is 0.0409 e. The van der Waals surface area contributed by atoms with Crippen molar-refractivity contribution in [3.63, 3.8) is 0 Å². The van der Waals surface area contributed by atoms with Crippen LogP contribution in [-0.4, -0.2) is 31.6 Å². The molecule has 0 saturated heterocycles. The van der Waals surface area contributed by atoms with Crippen LogP contribution in [0, 0.1) is 0 Å². The number of halogens is 1. The summed E-state index contributed by atoms with van der Waals surface area (Å²) in [6.45, 7) is 4.26. The minimum atomic E-state index is 0.575. The maximum atomic E-state index is 5.96. The molecular weight excluding hydrogens is 220 g/mol. The minimum Gasteiger partial charge on any atom is -0.320 e. The normalized spacial score (nSPS) is 13.1. The first kappa shape index (κ1) is 13.5. The van der Waals surface area contributed by atoms with E-state index in [0.717, 1.165) is 24.5 Å². The summed E-state index contributed by atoms with van der Waals surface area (Å²) in [6, 6.07) is 8.64. The quantitative estimate of drug-likeness (QED) is 0.823. The average Bonchev–Trinajstić information content (AvgIpc) is 2.25. The van der Waals surface area contributed by atoms with Gasteiger partial charge >= 0.3 is 0 Å². The van der Waals surface area contributed by atoms with Crippen molar-refractivity contribution in [2.75, 3.05) is 20.6 Å². The smallest absolute Gasteiger partial charge is 0.0409 e. The molecule has 1 aromatic carbocycles. The fourth-order valence-electron chi connectivity index (χ4n) is 1.65. The van der Waals surface area contributed by atoms with Gasteiger partial charge in [-0.15, -0.1) is 0 Å². The number of hydrogen-bond donors (Lipinski definition) is 1. The van der Waals surface area contributed by atoms with E-state index >= 15 is 0 Å². The molecule has 0 aliphatic rings. The van der Waals surface area contributed by atoms with Crippen LogP contribution in [0.2, 0.25) is 5.02 Å². The number of hydrogen-bond acceptors (Lipinski definition) is 2. The number of nitrogens with zero attached hydrogens (tertiary/aromatic N) is 1. The fourth-order valence-corrected chi connectivity index (χ4v) is 1.87. The van der Waals surface area contributed by atoms with Crippen molar-refractivity contribution in [1.29, 1.82) is 0 Å². The van der Waals surface area contributed by atoms with E-state index in [1.807, 2.05) is 25.2 Å². The largest absolute Gasteiger partial charge is 0.320 e. The van der Waals surface area contributed by atoms with E-state index in [2.05, 4.69) is 30.3 Å². The highest BCUT2D eigenvalue weighted by Crippen LogP contribution is 2.13. The third-order valence-corrected chi connectivity index (χ3v) is 3.12. The van der Waals surface area contributed by atoms with Gasteiger partial charge in [0, 0.05) is 17.6 Å². The molecule has 2 nitrogen and oxygen atoms in total. The van der Waals surface area contributed by atoms with Gasteiger partial charge in [-0.05, 0) is 51.7 Å². The Bertz CT molecular complexity index is 315. The molecule has 1 rings (SSSR count). The Morgan fingerprint density at radius 2 is 2.19 bits per heavy atom. The van der Waals surface area contributed by atoms with Gasteiger partial charge in [0.05, 0.1) is 0 Å². The van der Waals surface area contributed by atoms with E-state index in [1.165, 1.54) is 5.56 Å². The Morgan fingerprint density at radius 1 is 1.44 bits per heavy atom. The third kappa shape index (κ3) is 4.52. The Hall–Kier alpha value is -0.570. The van der Waals surface area contributed by atoms with E-state index in [0.29, 0.717) is 6.04 Å². The SMILES string of the molecule is CNCCC(C)N(C)Cc1cccc(Cl)c1. The summed E-state index contributed by atoms with van der Waals surface area (Å²) in [5, 5.41) is 3.99. The fraction of sp³-hybridized carbons (Fsp3) is 0.538. The molecule has 90 valence electrons. The van der Waals surface area contributed by atoms with Gasteiger partial charge in [-0.3, -0.25) is 4.90 Å². The predicted molar refractivity (Wildman–Crippen MR) is 70.9 cm³/mol.